The largest absolute Gasteiger partial charge is 0.504 e. The first-order valence-corrected chi connectivity index (χ1v) is 8.54. The summed E-state index contributed by atoms with van der Waals surface area (Å²) in [6.45, 7) is 0. The Morgan fingerprint density at radius 3 is 2.96 bits per heavy atom. The van der Waals surface area contributed by atoms with Gasteiger partial charge in [-0.25, -0.2) is 5.43 Å². The number of methoxy groups -OCH3 is 1. The second kappa shape index (κ2) is 6.95. The molecule has 1 aromatic heterocycles. The lowest BCUT2D eigenvalue weighted by molar-refractivity contribution is 0.0949. The summed E-state index contributed by atoms with van der Waals surface area (Å²) < 4.78 is 5.05. The van der Waals surface area contributed by atoms with Gasteiger partial charge in [-0.15, -0.1) is 0 Å². The molecule has 0 radical (unpaired) electrons. The van der Waals surface area contributed by atoms with Gasteiger partial charge in [-0.1, -0.05) is 30.3 Å². The van der Waals surface area contributed by atoms with E-state index in [0.29, 0.717) is 17.0 Å². The van der Waals surface area contributed by atoms with E-state index in [1.165, 1.54) is 18.9 Å². The van der Waals surface area contributed by atoms with Gasteiger partial charge >= 0.3 is 0 Å². The Morgan fingerprint density at radius 2 is 2.11 bits per heavy atom. The molecule has 3 N–H and O–H groups in total. The fourth-order valence-electron chi connectivity index (χ4n) is 3.27. The number of hydrazone groups is 1. The maximum atomic E-state index is 12.5. The highest BCUT2D eigenvalue weighted by molar-refractivity contribution is 5.96. The van der Waals surface area contributed by atoms with Gasteiger partial charge < -0.3 is 9.84 Å². The first-order valence-electron chi connectivity index (χ1n) is 8.54. The molecule has 136 valence electrons. The number of para-hydroxylation sites is 1. The second-order valence-corrected chi connectivity index (χ2v) is 6.18. The molecular weight excluding hydrogens is 344 g/mol. The van der Waals surface area contributed by atoms with Crippen LogP contribution < -0.4 is 10.2 Å². The van der Waals surface area contributed by atoms with Crippen LogP contribution in [0.15, 0.2) is 47.6 Å². The van der Waals surface area contributed by atoms with Crippen molar-refractivity contribution in [2.45, 2.75) is 12.8 Å². The number of fused-ring (bicyclic) bond motifs is 3. The number of rotatable bonds is 4. The Balaban J connectivity index is 1.53. The van der Waals surface area contributed by atoms with Crippen LogP contribution in [-0.4, -0.2) is 34.5 Å². The van der Waals surface area contributed by atoms with E-state index in [1.807, 2.05) is 18.2 Å². The number of aromatic amines is 1. The number of nitrogens with zero attached hydrogens (tertiary/aromatic N) is 2. The summed E-state index contributed by atoms with van der Waals surface area (Å²) in [6.07, 6.45) is 2.98. The van der Waals surface area contributed by atoms with Gasteiger partial charge in [0.2, 0.25) is 0 Å². The number of aromatic nitrogens is 2. The molecule has 0 unspecified atom stereocenters. The van der Waals surface area contributed by atoms with Crippen LogP contribution in [0.25, 0.3) is 11.3 Å². The van der Waals surface area contributed by atoms with E-state index in [2.05, 4.69) is 26.8 Å². The van der Waals surface area contributed by atoms with Gasteiger partial charge in [0, 0.05) is 16.7 Å². The van der Waals surface area contributed by atoms with Gasteiger partial charge in [-0.2, -0.15) is 10.2 Å². The minimum Gasteiger partial charge on any atom is -0.504 e. The van der Waals surface area contributed by atoms with Crippen molar-refractivity contribution in [2.75, 3.05) is 7.11 Å². The predicted molar refractivity (Wildman–Crippen MR) is 101 cm³/mol. The Labute approximate surface area is 155 Å². The molecule has 7 nitrogen and oxygen atoms in total. The van der Waals surface area contributed by atoms with Gasteiger partial charge in [-0.3, -0.25) is 9.89 Å². The van der Waals surface area contributed by atoms with Crippen LogP contribution in [0.4, 0.5) is 0 Å². The van der Waals surface area contributed by atoms with Gasteiger partial charge in [-0.05, 0) is 30.5 Å². The van der Waals surface area contributed by atoms with Crippen molar-refractivity contribution in [1.82, 2.24) is 15.6 Å². The van der Waals surface area contributed by atoms with E-state index in [4.69, 9.17) is 4.74 Å². The number of amides is 1. The Morgan fingerprint density at radius 1 is 1.26 bits per heavy atom. The molecule has 0 spiro atoms. The Kier molecular flexibility index (Phi) is 4.33. The molecule has 3 aromatic rings. The molecule has 1 amide bonds. The monoisotopic (exact) mass is 362 g/mol. The van der Waals surface area contributed by atoms with E-state index in [0.717, 1.165) is 29.7 Å². The summed E-state index contributed by atoms with van der Waals surface area (Å²) >= 11 is 0. The Hall–Kier alpha value is -3.61. The van der Waals surface area contributed by atoms with E-state index >= 15 is 0 Å². The van der Waals surface area contributed by atoms with E-state index in [-0.39, 0.29) is 11.7 Å². The number of ether oxygens (including phenoxy) is 1. The third kappa shape index (κ3) is 3.03. The van der Waals surface area contributed by atoms with Crippen molar-refractivity contribution in [2.24, 2.45) is 5.10 Å². The summed E-state index contributed by atoms with van der Waals surface area (Å²) in [5.41, 5.74) is 7.32. The highest BCUT2D eigenvalue weighted by Crippen LogP contribution is 2.33. The van der Waals surface area contributed by atoms with Crippen LogP contribution in [0.2, 0.25) is 0 Å². The van der Waals surface area contributed by atoms with E-state index in [1.54, 1.807) is 18.2 Å². The SMILES string of the molecule is COc1cccc(/C=N\NC(=O)c2[nH]nc3c2CCc2ccccc2-3)c1O. The third-order valence-electron chi connectivity index (χ3n) is 4.63. The molecule has 1 aliphatic rings. The maximum Gasteiger partial charge on any atom is 0.289 e. The number of phenolic OH excluding ortho intramolecular Hbond substituents is 1. The molecule has 7 heteroatoms. The molecule has 0 bridgehead atoms. The topological polar surface area (TPSA) is 99.6 Å². The predicted octanol–water partition coefficient (Wildman–Crippen LogP) is 2.65. The number of benzene rings is 2. The number of H-pyrrole nitrogens is 1. The summed E-state index contributed by atoms with van der Waals surface area (Å²) in [5.74, 6) is -0.0677. The number of hydrogen-bond acceptors (Lipinski definition) is 5. The van der Waals surface area contributed by atoms with E-state index in [9.17, 15) is 9.90 Å². The van der Waals surface area contributed by atoms with Crippen molar-refractivity contribution in [3.05, 3.63) is 64.8 Å². The number of aromatic hydroxyl groups is 1. The number of carbonyl (C=O) groups excluding carboxylic acids is 1. The molecule has 0 saturated heterocycles. The minimum absolute atomic E-state index is 0.0338. The van der Waals surface area contributed by atoms with Gasteiger partial charge in [0.25, 0.3) is 5.91 Å². The molecule has 1 heterocycles. The van der Waals surface area contributed by atoms with Crippen molar-refractivity contribution >= 4 is 12.1 Å². The molecule has 0 fully saturated rings. The first kappa shape index (κ1) is 16.8. The fourth-order valence-corrected chi connectivity index (χ4v) is 3.27. The van der Waals surface area contributed by atoms with Crippen LogP contribution in [0.3, 0.4) is 0 Å². The third-order valence-corrected chi connectivity index (χ3v) is 4.63. The number of hydrogen-bond donors (Lipinski definition) is 3. The molecule has 4 rings (SSSR count). The van der Waals surface area contributed by atoms with E-state index < -0.39 is 0 Å². The lowest BCUT2D eigenvalue weighted by Gasteiger charge is -2.15. The standard InChI is InChI=1S/C20H18N4O3/c1-27-16-8-4-6-13(19(16)25)11-21-24-20(26)18-15-10-9-12-5-2-3-7-14(12)17(15)22-23-18/h2-8,11,25H,9-10H2,1H3,(H,22,23)(H,24,26)/b21-11-. The first-order chi connectivity index (χ1) is 13.2. The van der Waals surface area contributed by atoms with Crippen LogP contribution in [0.1, 0.15) is 27.2 Å². The second-order valence-electron chi connectivity index (χ2n) is 6.18. The average molecular weight is 362 g/mol. The molecule has 1 aliphatic carbocycles. The molecule has 0 aliphatic heterocycles. The van der Waals surface area contributed by atoms with Crippen LogP contribution in [-0.2, 0) is 12.8 Å². The number of phenols is 1. The molecular formula is C20H18N4O3. The van der Waals surface area contributed by atoms with Crippen molar-refractivity contribution in [3.63, 3.8) is 0 Å². The zero-order chi connectivity index (χ0) is 18.8. The van der Waals surface area contributed by atoms with Gasteiger partial charge in [0.1, 0.15) is 5.69 Å². The number of carbonyl (C=O) groups is 1. The fraction of sp³-hybridized carbons (Fsp3) is 0.150. The van der Waals surface area contributed by atoms with Gasteiger partial charge in [0.15, 0.2) is 11.5 Å². The number of nitrogens with one attached hydrogen (secondary N) is 2. The van der Waals surface area contributed by atoms with Crippen LogP contribution in [0, 0.1) is 0 Å². The lowest BCUT2D eigenvalue weighted by atomic mass is 9.89. The Bertz CT molecular complexity index is 1040. The summed E-state index contributed by atoms with van der Waals surface area (Å²) in [6, 6.07) is 13.1. The maximum absolute atomic E-state index is 12.5. The highest BCUT2D eigenvalue weighted by atomic mass is 16.5. The molecule has 0 saturated carbocycles. The van der Waals surface area contributed by atoms with Crippen molar-refractivity contribution < 1.29 is 14.6 Å². The quantitative estimate of drug-likeness (QED) is 0.491. The summed E-state index contributed by atoms with van der Waals surface area (Å²) in [7, 11) is 1.47. The molecule has 27 heavy (non-hydrogen) atoms. The van der Waals surface area contributed by atoms with Gasteiger partial charge in [0.05, 0.1) is 19.0 Å². The summed E-state index contributed by atoms with van der Waals surface area (Å²) in [5, 5.41) is 21.1. The normalized spacial score (nSPS) is 12.5. The van der Waals surface area contributed by atoms with Crippen molar-refractivity contribution in [3.8, 4) is 22.8 Å². The minimum atomic E-state index is -0.373. The lowest BCUT2D eigenvalue weighted by Crippen LogP contribution is -2.20. The highest BCUT2D eigenvalue weighted by Gasteiger charge is 2.24. The molecule has 2 aromatic carbocycles. The number of aryl methyl sites for hydroxylation is 1. The molecule has 0 atom stereocenters. The zero-order valence-electron chi connectivity index (χ0n) is 14.7. The smallest absolute Gasteiger partial charge is 0.289 e. The van der Waals surface area contributed by atoms with Crippen LogP contribution in [0.5, 0.6) is 11.5 Å². The van der Waals surface area contributed by atoms with Crippen molar-refractivity contribution in [1.29, 1.82) is 0 Å². The van der Waals surface area contributed by atoms with Crippen LogP contribution >= 0.6 is 0 Å². The summed E-state index contributed by atoms with van der Waals surface area (Å²) in [4.78, 5) is 12.5. The zero-order valence-corrected chi connectivity index (χ0v) is 14.7. The average Bonchev–Trinajstić information content (AvgIpc) is 3.14.